The number of hydrogen-bond donors (Lipinski definition) is 1. The van der Waals surface area contributed by atoms with Crippen molar-refractivity contribution in [3.8, 4) is 0 Å². The Morgan fingerprint density at radius 1 is 1.12 bits per heavy atom. The van der Waals surface area contributed by atoms with Crippen molar-refractivity contribution in [2.75, 3.05) is 5.73 Å². The lowest BCUT2D eigenvalue weighted by atomic mass is 10.3. The summed E-state index contributed by atoms with van der Waals surface area (Å²) in [4.78, 5) is 12.5. The van der Waals surface area contributed by atoms with Crippen LogP contribution in [0.15, 0.2) is 45.9 Å². The Morgan fingerprint density at radius 2 is 2.00 bits per heavy atom. The highest BCUT2D eigenvalue weighted by atomic mass is 32.2. The number of rotatable bonds is 2. The third kappa shape index (κ3) is 2.22. The van der Waals surface area contributed by atoms with Gasteiger partial charge in [-0.2, -0.15) is 0 Å². The number of aromatic nitrogens is 3. The van der Waals surface area contributed by atoms with Crippen LogP contribution in [0.4, 0.5) is 5.95 Å². The van der Waals surface area contributed by atoms with Gasteiger partial charge in [0, 0.05) is 6.20 Å². The lowest BCUT2D eigenvalue weighted by molar-refractivity contribution is 1.06. The molecule has 2 N–H and O–H groups in total. The molecular formula is C11H8N4S2. The average molecular weight is 260 g/mol. The summed E-state index contributed by atoms with van der Waals surface area (Å²) in [6, 6.07) is 9.89. The fourth-order valence-electron chi connectivity index (χ4n) is 1.40. The van der Waals surface area contributed by atoms with E-state index in [0.29, 0.717) is 0 Å². The predicted molar refractivity (Wildman–Crippen MR) is 70.2 cm³/mol. The van der Waals surface area contributed by atoms with Gasteiger partial charge in [0.25, 0.3) is 0 Å². The minimum Gasteiger partial charge on any atom is -0.368 e. The third-order valence-corrected chi connectivity index (χ3v) is 4.15. The second-order valence-electron chi connectivity index (χ2n) is 3.30. The number of para-hydroxylation sites is 1. The minimum atomic E-state index is 0.288. The topological polar surface area (TPSA) is 64.7 Å². The summed E-state index contributed by atoms with van der Waals surface area (Å²) >= 11 is 3.15. The third-order valence-electron chi connectivity index (χ3n) is 2.11. The van der Waals surface area contributed by atoms with Gasteiger partial charge >= 0.3 is 0 Å². The van der Waals surface area contributed by atoms with Crippen LogP contribution >= 0.6 is 23.1 Å². The molecule has 0 saturated heterocycles. The average Bonchev–Trinajstić information content (AvgIpc) is 2.71. The summed E-state index contributed by atoms with van der Waals surface area (Å²) in [5, 5.41) is 0.816. The molecule has 0 fully saturated rings. The molecule has 0 spiro atoms. The first-order chi connectivity index (χ1) is 8.31. The number of fused-ring (bicyclic) bond motifs is 1. The number of benzene rings is 1. The summed E-state index contributed by atoms with van der Waals surface area (Å²) in [7, 11) is 0. The first-order valence-corrected chi connectivity index (χ1v) is 6.56. The van der Waals surface area contributed by atoms with E-state index >= 15 is 0 Å². The molecular weight excluding hydrogens is 252 g/mol. The maximum absolute atomic E-state index is 5.53. The van der Waals surface area contributed by atoms with Crippen LogP contribution in [0.3, 0.4) is 0 Å². The fourth-order valence-corrected chi connectivity index (χ4v) is 3.38. The molecule has 0 unspecified atom stereocenters. The van der Waals surface area contributed by atoms with Crippen molar-refractivity contribution >= 4 is 39.3 Å². The lowest BCUT2D eigenvalue weighted by Gasteiger charge is -1.96. The summed E-state index contributed by atoms with van der Waals surface area (Å²) in [6.07, 6.45) is 1.65. The second-order valence-corrected chi connectivity index (χ2v) is 5.60. The lowest BCUT2D eigenvalue weighted by Crippen LogP contribution is -1.93. The van der Waals surface area contributed by atoms with Crippen LogP contribution in [0.5, 0.6) is 0 Å². The Balaban J connectivity index is 1.94. The maximum atomic E-state index is 5.53. The molecule has 0 amide bonds. The van der Waals surface area contributed by atoms with Crippen molar-refractivity contribution in [1.82, 2.24) is 15.0 Å². The van der Waals surface area contributed by atoms with Crippen molar-refractivity contribution < 1.29 is 0 Å². The molecule has 17 heavy (non-hydrogen) atoms. The molecule has 0 aliphatic heterocycles. The first-order valence-electron chi connectivity index (χ1n) is 4.93. The van der Waals surface area contributed by atoms with E-state index < -0.39 is 0 Å². The second kappa shape index (κ2) is 4.31. The van der Waals surface area contributed by atoms with E-state index in [4.69, 9.17) is 5.73 Å². The van der Waals surface area contributed by atoms with E-state index in [1.54, 1.807) is 17.5 Å². The van der Waals surface area contributed by atoms with Crippen LogP contribution in [0, 0.1) is 0 Å². The van der Waals surface area contributed by atoms with Crippen LogP contribution in [-0.4, -0.2) is 15.0 Å². The van der Waals surface area contributed by atoms with Gasteiger partial charge in [-0.05, 0) is 30.0 Å². The van der Waals surface area contributed by atoms with Gasteiger partial charge in [-0.15, -0.1) is 11.3 Å². The highest BCUT2D eigenvalue weighted by Crippen LogP contribution is 2.33. The monoisotopic (exact) mass is 260 g/mol. The molecule has 3 rings (SSSR count). The Kier molecular flexibility index (Phi) is 2.66. The highest BCUT2D eigenvalue weighted by molar-refractivity contribution is 8.01. The van der Waals surface area contributed by atoms with E-state index in [1.807, 2.05) is 24.3 Å². The normalized spacial score (nSPS) is 10.8. The van der Waals surface area contributed by atoms with Gasteiger partial charge in [0.1, 0.15) is 5.03 Å². The molecule has 0 aliphatic rings. The van der Waals surface area contributed by atoms with Crippen molar-refractivity contribution in [2.24, 2.45) is 0 Å². The molecule has 0 atom stereocenters. The van der Waals surface area contributed by atoms with Crippen LogP contribution < -0.4 is 5.73 Å². The van der Waals surface area contributed by atoms with E-state index in [-0.39, 0.29) is 5.95 Å². The van der Waals surface area contributed by atoms with Crippen LogP contribution in [0.2, 0.25) is 0 Å². The number of nitrogens with zero attached hydrogens (tertiary/aromatic N) is 3. The van der Waals surface area contributed by atoms with E-state index in [1.165, 1.54) is 16.5 Å². The quantitative estimate of drug-likeness (QED) is 0.718. The summed E-state index contributed by atoms with van der Waals surface area (Å²) in [5.74, 6) is 0.288. The molecule has 0 aliphatic carbocycles. The molecule has 2 heterocycles. The Hall–Kier alpha value is -1.66. The number of nitrogen functional groups attached to an aromatic ring is 1. The fraction of sp³-hybridized carbons (Fsp3) is 0. The van der Waals surface area contributed by atoms with E-state index in [2.05, 4.69) is 21.0 Å². The smallest absolute Gasteiger partial charge is 0.221 e. The van der Waals surface area contributed by atoms with Crippen molar-refractivity contribution in [3.05, 3.63) is 36.5 Å². The zero-order valence-electron chi connectivity index (χ0n) is 8.70. The maximum Gasteiger partial charge on any atom is 0.221 e. The summed E-state index contributed by atoms with van der Waals surface area (Å²) in [6.45, 7) is 0. The minimum absolute atomic E-state index is 0.288. The van der Waals surface area contributed by atoms with Gasteiger partial charge in [-0.3, -0.25) is 0 Å². The molecule has 1 aromatic carbocycles. The Labute approximate surface area is 106 Å². The van der Waals surface area contributed by atoms with Gasteiger partial charge in [0.2, 0.25) is 5.95 Å². The SMILES string of the molecule is Nc1nccc(Sc2nc3ccccc3s2)n1. The molecule has 6 heteroatoms. The zero-order chi connectivity index (χ0) is 11.7. The van der Waals surface area contributed by atoms with Crippen molar-refractivity contribution in [2.45, 2.75) is 9.37 Å². The summed E-state index contributed by atoms with van der Waals surface area (Å²) in [5.41, 5.74) is 6.55. The predicted octanol–water partition coefficient (Wildman–Crippen LogP) is 2.82. The summed E-state index contributed by atoms with van der Waals surface area (Å²) < 4.78 is 2.14. The number of anilines is 1. The molecule has 3 aromatic rings. The van der Waals surface area contributed by atoms with Crippen LogP contribution in [0.25, 0.3) is 10.2 Å². The standard InChI is InChI=1S/C11H8N4S2/c12-10-13-6-5-9(15-10)17-11-14-7-3-1-2-4-8(7)16-11/h1-6H,(H2,12,13,15). The van der Waals surface area contributed by atoms with Gasteiger partial charge in [-0.25, -0.2) is 15.0 Å². The molecule has 0 radical (unpaired) electrons. The van der Waals surface area contributed by atoms with Gasteiger partial charge < -0.3 is 5.73 Å². The first kappa shape index (κ1) is 10.5. The van der Waals surface area contributed by atoms with Crippen molar-refractivity contribution in [1.29, 1.82) is 0 Å². The Morgan fingerprint density at radius 3 is 2.82 bits per heavy atom. The van der Waals surface area contributed by atoms with E-state index in [0.717, 1.165) is 14.9 Å². The molecule has 2 aromatic heterocycles. The molecule has 4 nitrogen and oxygen atoms in total. The number of nitrogens with two attached hydrogens (primary N) is 1. The van der Waals surface area contributed by atoms with Crippen LogP contribution in [0.1, 0.15) is 0 Å². The van der Waals surface area contributed by atoms with Gasteiger partial charge in [0.05, 0.1) is 10.2 Å². The molecule has 84 valence electrons. The molecule has 0 bridgehead atoms. The number of hydrogen-bond acceptors (Lipinski definition) is 6. The van der Waals surface area contributed by atoms with Crippen LogP contribution in [-0.2, 0) is 0 Å². The van der Waals surface area contributed by atoms with Crippen molar-refractivity contribution in [3.63, 3.8) is 0 Å². The van der Waals surface area contributed by atoms with Gasteiger partial charge in [-0.1, -0.05) is 12.1 Å². The molecule has 0 saturated carbocycles. The Bertz CT molecular complexity index is 632. The number of thiazole rings is 1. The zero-order valence-corrected chi connectivity index (χ0v) is 10.3. The highest BCUT2D eigenvalue weighted by Gasteiger charge is 2.06. The largest absolute Gasteiger partial charge is 0.368 e. The van der Waals surface area contributed by atoms with E-state index in [9.17, 15) is 0 Å². The van der Waals surface area contributed by atoms with Gasteiger partial charge in [0.15, 0.2) is 4.34 Å².